The molecule has 0 saturated heterocycles. The third-order valence-corrected chi connectivity index (χ3v) is 7.53. The lowest BCUT2D eigenvalue weighted by atomic mass is 9.80. The van der Waals surface area contributed by atoms with Crippen molar-refractivity contribution in [2.24, 2.45) is 34.0 Å². The number of aromatic nitrogens is 4. The van der Waals surface area contributed by atoms with Gasteiger partial charge in [0, 0.05) is 30.8 Å². The van der Waals surface area contributed by atoms with E-state index in [-0.39, 0.29) is 43.4 Å². The second-order valence-corrected chi connectivity index (χ2v) is 10.9. The van der Waals surface area contributed by atoms with Crippen molar-refractivity contribution in [1.82, 2.24) is 25.5 Å². The Bertz CT molecular complexity index is 1540. The molecule has 1 unspecified atom stereocenters. The van der Waals surface area contributed by atoms with Crippen molar-refractivity contribution in [2.75, 3.05) is 6.54 Å². The molecule has 0 radical (unpaired) electrons. The number of aromatic amines is 1. The van der Waals surface area contributed by atoms with Crippen molar-refractivity contribution in [3.63, 3.8) is 0 Å². The second kappa shape index (κ2) is 14.8. The maximum Gasteiger partial charge on any atom is 0.239 e. The number of rotatable bonds is 15. The Hall–Kier alpha value is -5.20. The molecular weight excluding hydrogens is 562 g/mol. The van der Waals surface area contributed by atoms with E-state index in [4.69, 9.17) is 21.6 Å². The number of phenolic OH excluding ortho intramolecular Hbond substituents is 1. The number of imidazole rings is 1. The third kappa shape index (κ3) is 8.66. The lowest BCUT2D eigenvalue weighted by Crippen LogP contribution is -2.43. The van der Waals surface area contributed by atoms with Gasteiger partial charge in [0.1, 0.15) is 11.8 Å². The number of carbonyl (C=O) groups is 2. The summed E-state index contributed by atoms with van der Waals surface area (Å²) in [6.07, 6.45) is 4.84. The fourth-order valence-corrected chi connectivity index (χ4v) is 5.34. The highest BCUT2D eigenvalue weighted by Gasteiger charge is 2.35. The van der Waals surface area contributed by atoms with Gasteiger partial charge in [0.25, 0.3) is 0 Å². The lowest BCUT2D eigenvalue weighted by Gasteiger charge is -2.27. The Morgan fingerprint density at radius 1 is 1.05 bits per heavy atom. The largest absolute Gasteiger partial charge is 0.508 e. The van der Waals surface area contributed by atoms with E-state index in [9.17, 15) is 14.7 Å². The monoisotopic (exact) mass is 601 g/mol. The first kappa shape index (κ1) is 31.7. The Morgan fingerprint density at radius 2 is 1.77 bits per heavy atom. The predicted molar refractivity (Wildman–Crippen MR) is 164 cm³/mol. The number of nitrogens with zero attached hydrogens (tertiary/aromatic N) is 4. The molecule has 0 aliphatic carbocycles. The maximum absolute atomic E-state index is 14.2. The zero-order valence-electron chi connectivity index (χ0n) is 24.9. The summed E-state index contributed by atoms with van der Waals surface area (Å²) in [5.41, 5.74) is 21.0. The van der Waals surface area contributed by atoms with Gasteiger partial charge in [-0.25, -0.2) is 4.98 Å². The van der Waals surface area contributed by atoms with Crippen molar-refractivity contribution in [1.29, 1.82) is 0 Å². The number of benzene rings is 2. The van der Waals surface area contributed by atoms with Gasteiger partial charge in [-0.1, -0.05) is 30.3 Å². The zero-order chi connectivity index (χ0) is 31.6. The molecule has 2 heterocycles. The van der Waals surface area contributed by atoms with E-state index < -0.39 is 29.7 Å². The van der Waals surface area contributed by atoms with Crippen LogP contribution in [0.2, 0.25) is 0 Å². The summed E-state index contributed by atoms with van der Waals surface area (Å²) in [6.45, 7) is 3.98. The van der Waals surface area contributed by atoms with Crippen LogP contribution < -0.4 is 22.5 Å². The molecule has 9 N–H and O–H groups in total. The summed E-state index contributed by atoms with van der Waals surface area (Å²) in [4.78, 5) is 38.2. The molecule has 44 heavy (non-hydrogen) atoms. The van der Waals surface area contributed by atoms with Crippen molar-refractivity contribution in [3.05, 3.63) is 94.7 Å². The number of aryl methyl sites for hydroxylation is 2. The minimum Gasteiger partial charge on any atom is -0.508 e. The van der Waals surface area contributed by atoms with Crippen LogP contribution in [0.15, 0.2) is 64.4 Å². The number of primary amides is 1. The number of hydrogen-bond acceptors (Lipinski definition) is 8. The van der Waals surface area contributed by atoms with Gasteiger partial charge < -0.3 is 37.0 Å². The van der Waals surface area contributed by atoms with E-state index in [0.717, 1.165) is 27.9 Å². The van der Waals surface area contributed by atoms with Crippen LogP contribution in [0.4, 0.5) is 0 Å². The SMILES string of the molecule is Cc1cc(O)cc(C)c1C[C@H](C(=O)N[C@@H](Cc1cnc[nH]1)c1nnc(Cc2ccccc2)o1)C(CCCN=C(N)N)C(N)=O. The van der Waals surface area contributed by atoms with Gasteiger partial charge in [0.05, 0.1) is 18.7 Å². The molecule has 0 aliphatic rings. The normalized spacial score (nSPS) is 13.1. The molecule has 232 valence electrons. The number of hydrogen-bond donors (Lipinski definition) is 6. The summed E-state index contributed by atoms with van der Waals surface area (Å²) in [7, 11) is 0. The number of H-pyrrole nitrogens is 1. The summed E-state index contributed by atoms with van der Waals surface area (Å²) < 4.78 is 6.03. The molecule has 13 heteroatoms. The summed E-state index contributed by atoms with van der Waals surface area (Å²) in [5, 5.41) is 21.6. The van der Waals surface area contributed by atoms with Crippen LogP contribution in [0.25, 0.3) is 0 Å². The number of phenols is 1. The molecule has 2 amide bonds. The maximum atomic E-state index is 14.2. The average Bonchev–Trinajstić information content (AvgIpc) is 3.65. The first-order chi connectivity index (χ1) is 21.1. The van der Waals surface area contributed by atoms with Crippen LogP contribution in [0.1, 0.15) is 58.6 Å². The van der Waals surface area contributed by atoms with Crippen LogP contribution in [-0.2, 0) is 28.9 Å². The average molecular weight is 602 g/mol. The van der Waals surface area contributed by atoms with Gasteiger partial charge in [0.2, 0.25) is 23.6 Å². The molecule has 0 aliphatic heterocycles. The predicted octanol–water partition coefficient (Wildman–Crippen LogP) is 2.12. The first-order valence-electron chi connectivity index (χ1n) is 14.4. The minimum atomic E-state index is -0.857. The highest BCUT2D eigenvalue weighted by atomic mass is 16.4. The molecule has 3 atom stereocenters. The molecule has 0 fully saturated rings. The highest BCUT2D eigenvalue weighted by molar-refractivity contribution is 5.87. The molecule has 0 saturated carbocycles. The smallest absolute Gasteiger partial charge is 0.239 e. The fourth-order valence-electron chi connectivity index (χ4n) is 5.34. The Kier molecular flexibility index (Phi) is 10.7. The number of aliphatic imine (C=N–C) groups is 1. The molecule has 4 aromatic rings. The van der Waals surface area contributed by atoms with Crippen molar-refractivity contribution in [3.8, 4) is 5.75 Å². The van der Waals surface area contributed by atoms with Gasteiger partial charge in [-0.05, 0) is 67.5 Å². The van der Waals surface area contributed by atoms with Crippen LogP contribution in [0.3, 0.4) is 0 Å². The van der Waals surface area contributed by atoms with Crippen LogP contribution >= 0.6 is 0 Å². The molecule has 4 rings (SSSR count). The van der Waals surface area contributed by atoms with E-state index in [1.54, 1.807) is 24.7 Å². The first-order valence-corrected chi connectivity index (χ1v) is 14.4. The number of amides is 2. The van der Waals surface area contributed by atoms with Crippen molar-refractivity contribution in [2.45, 2.75) is 52.0 Å². The minimum absolute atomic E-state index is 0.0573. The van der Waals surface area contributed by atoms with E-state index in [0.29, 0.717) is 18.7 Å². The number of guanidine groups is 1. The molecule has 2 aromatic carbocycles. The number of carbonyl (C=O) groups excluding carboxylic acids is 2. The number of nitrogens with two attached hydrogens (primary N) is 3. The Labute approximate surface area is 255 Å². The Morgan fingerprint density at radius 3 is 2.41 bits per heavy atom. The van der Waals surface area contributed by atoms with E-state index >= 15 is 0 Å². The quantitative estimate of drug-likeness (QED) is 0.0665. The van der Waals surface area contributed by atoms with Crippen molar-refractivity contribution < 1.29 is 19.1 Å². The van der Waals surface area contributed by atoms with Gasteiger partial charge >= 0.3 is 0 Å². The Balaban J connectivity index is 1.64. The van der Waals surface area contributed by atoms with Crippen LogP contribution in [-0.4, -0.2) is 49.6 Å². The van der Waals surface area contributed by atoms with Crippen LogP contribution in [0, 0.1) is 25.7 Å². The van der Waals surface area contributed by atoms with E-state index in [1.165, 1.54) is 0 Å². The van der Waals surface area contributed by atoms with Crippen LogP contribution in [0.5, 0.6) is 5.75 Å². The highest BCUT2D eigenvalue weighted by Crippen LogP contribution is 2.29. The van der Waals surface area contributed by atoms with Gasteiger partial charge in [-0.2, -0.15) is 0 Å². The lowest BCUT2D eigenvalue weighted by molar-refractivity contribution is -0.134. The molecule has 2 aromatic heterocycles. The second-order valence-electron chi connectivity index (χ2n) is 10.9. The molecule has 13 nitrogen and oxygen atoms in total. The van der Waals surface area contributed by atoms with E-state index in [2.05, 4.69) is 30.5 Å². The summed E-state index contributed by atoms with van der Waals surface area (Å²) in [6, 6.07) is 12.2. The van der Waals surface area contributed by atoms with E-state index in [1.807, 2.05) is 44.2 Å². The standard InChI is InChI=1S/C31H39N9O4/c1-18-11-22(41)12-19(2)24(18)15-25(23(28(32)42)9-6-10-36-31(33)34)29(43)38-26(14-21-16-35-17-37-21)30-40-39-27(44-30)13-20-7-4-3-5-8-20/h3-5,7-8,11-12,16-17,23,25-26,41H,6,9-10,13-15H2,1-2H3,(H2,32,42)(H,35,37)(H,38,43)(H4,33,34,36)/t23?,25-,26-/m0/s1. The number of nitrogens with one attached hydrogen (secondary N) is 2. The third-order valence-electron chi connectivity index (χ3n) is 7.53. The van der Waals surface area contributed by atoms with Crippen molar-refractivity contribution >= 4 is 17.8 Å². The fraction of sp³-hybridized carbons (Fsp3) is 0.355. The summed E-state index contributed by atoms with van der Waals surface area (Å²) in [5.74, 6) is -2.03. The zero-order valence-corrected chi connectivity index (χ0v) is 24.9. The van der Waals surface area contributed by atoms with Gasteiger partial charge in [0.15, 0.2) is 5.96 Å². The summed E-state index contributed by atoms with van der Waals surface area (Å²) >= 11 is 0. The van der Waals surface area contributed by atoms with Gasteiger partial charge in [-0.3, -0.25) is 14.6 Å². The van der Waals surface area contributed by atoms with Gasteiger partial charge in [-0.15, -0.1) is 10.2 Å². The topological polar surface area (TPSA) is 224 Å². The molecular formula is C31H39N9O4. The number of aromatic hydroxyl groups is 1. The molecule has 0 bridgehead atoms. The molecule has 0 spiro atoms.